The number of hydrogen-bond donors (Lipinski definition) is 0. The number of rotatable bonds is 12. The van der Waals surface area contributed by atoms with Gasteiger partial charge in [0.05, 0.1) is 0 Å². The monoisotopic (exact) mass is 330 g/mol. The van der Waals surface area contributed by atoms with Crippen molar-refractivity contribution < 1.29 is 0 Å². The summed E-state index contributed by atoms with van der Waals surface area (Å²) >= 11 is 0. The number of hydrogen-bond acceptors (Lipinski definition) is 0. The van der Waals surface area contributed by atoms with E-state index in [1.54, 1.807) is 11.1 Å². The first kappa shape index (κ1) is 23.0. The van der Waals surface area contributed by atoms with Gasteiger partial charge < -0.3 is 0 Å². The van der Waals surface area contributed by atoms with Gasteiger partial charge in [-0.1, -0.05) is 60.4 Å². The number of allylic oxidation sites excluding steroid dienone is 8. The Bertz CT molecular complexity index is 437. The lowest BCUT2D eigenvalue weighted by Crippen LogP contribution is -1.85. The van der Waals surface area contributed by atoms with Crippen LogP contribution in [0.2, 0.25) is 0 Å². The van der Waals surface area contributed by atoms with Crippen molar-refractivity contribution in [3.8, 4) is 0 Å². The van der Waals surface area contributed by atoms with E-state index in [-0.39, 0.29) is 0 Å². The van der Waals surface area contributed by atoms with Crippen LogP contribution in [0.15, 0.2) is 46.6 Å². The normalized spacial score (nSPS) is 13.6. The molecule has 0 amide bonds. The van der Waals surface area contributed by atoms with Gasteiger partial charge >= 0.3 is 0 Å². The molecule has 24 heavy (non-hydrogen) atoms. The van der Waals surface area contributed by atoms with Crippen LogP contribution in [0.3, 0.4) is 0 Å². The zero-order valence-corrected chi connectivity index (χ0v) is 17.5. The molecule has 0 rings (SSSR count). The van der Waals surface area contributed by atoms with Gasteiger partial charge in [0.25, 0.3) is 0 Å². The van der Waals surface area contributed by atoms with Crippen LogP contribution in [0.25, 0.3) is 0 Å². The Labute approximate surface area is 152 Å². The molecule has 0 radical (unpaired) electrons. The predicted octanol–water partition coefficient (Wildman–Crippen LogP) is 8.57. The Morgan fingerprint density at radius 3 is 1.33 bits per heavy atom. The fraction of sp³-hybridized carbons (Fsp3) is 0.667. The van der Waals surface area contributed by atoms with Gasteiger partial charge in [0, 0.05) is 0 Å². The van der Waals surface area contributed by atoms with Crippen molar-refractivity contribution in [3.05, 3.63) is 46.6 Å². The van der Waals surface area contributed by atoms with Crippen molar-refractivity contribution in [1.82, 2.24) is 0 Å². The van der Waals surface area contributed by atoms with Gasteiger partial charge in [-0.3, -0.25) is 0 Å². The Balaban J connectivity index is 3.96. The zero-order valence-electron chi connectivity index (χ0n) is 17.5. The van der Waals surface area contributed by atoms with E-state index < -0.39 is 0 Å². The van der Waals surface area contributed by atoms with Crippen molar-refractivity contribution in [2.75, 3.05) is 0 Å². The van der Waals surface area contributed by atoms with Crippen LogP contribution in [0, 0.1) is 5.92 Å². The van der Waals surface area contributed by atoms with E-state index in [1.165, 1.54) is 62.5 Å². The topological polar surface area (TPSA) is 0 Å². The smallest absolute Gasteiger partial charge is 0.0288 e. The van der Waals surface area contributed by atoms with Crippen LogP contribution in [-0.2, 0) is 0 Å². The van der Waals surface area contributed by atoms with Crippen LogP contribution < -0.4 is 0 Å². The van der Waals surface area contributed by atoms with E-state index in [9.17, 15) is 0 Å². The van der Waals surface area contributed by atoms with Gasteiger partial charge in [-0.25, -0.2) is 0 Å². The molecule has 138 valence electrons. The van der Waals surface area contributed by atoms with E-state index in [0.717, 1.165) is 5.92 Å². The summed E-state index contributed by atoms with van der Waals surface area (Å²) in [5.74, 6) is 0.815. The van der Waals surface area contributed by atoms with Gasteiger partial charge in [0.2, 0.25) is 0 Å². The van der Waals surface area contributed by atoms with E-state index >= 15 is 0 Å². The maximum Gasteiger partial charge on any atom is -0.0288 e. The highest BCUT2D eigenvalue weighted by Crippen LogP contribution is 2.14. The lowest BCUT2D eigenvalue weighted by Gasteiger charge is -2.04. The molecule has 0 N–H and O–H groups in total. The van der Waals surface area contributed by atoms with Crippen molar-refractivity contribution in [2.45, 2.75) is 99.8 Å². The van der Waals surface area contributed by atoms with Gasteiger partial charge in [-0.15, -0.1) is 0 Å². The standard InChI is InChI=1S/C24H42/c1-20(2)12-8-14-22(5)16-10-18-24(7)19-11-17-23(6)15-9-13-21(3)4/h12,15-16,19,21H,8-11,13-14,17-18H2,1-7H3/b22-16+,23-15+,24-19+. The van der Waals surface area contributed by atoms with Crippen LogP contribution in [0.1, 0.15) is 99.8 Å². The first-order valence-corrected chi connectivity index (χ1v) is 9.91. The summed E-state index contributed by atoms with van der Waals surface area (Å²) in [5.41, 5.74) is 6.05. The molecule has 0 aromatic heterocycles. The minimum atomic E-state index is 0.815. The maximum absolute atomic E-state index is 2.44. The molecule has 0 aliphatic heterocycles. The molecule has 0 fully saturated rings. The second-order valence-corrected chi connectivity index (χ2v) is 8.02. The first-order chi connectivity index (χ1) is 11.3. The van der Waals surface area contributed by atoms with Crippen LogP contribution in [-0.4, -0.2) is 0 Å². The quantitative estimate of drug-likeness (QED) is 0.314. The summed E-state index contributed by atoms with van der Waals surface area (Å²) in [5, 5.41) is 0. The lowest BCUT2D eigenvalue weighted by molar-refractivity contribution is 0.592. The minimum absolute atomic E-state index is 0.815. The van der Waals surface area contributed by atoms with E-state index in [0.29, 0.717) is 0 Å². The molecule has 0 saturated heterocycles. The van der Waals surface area contributed by atoms with Crippen molar-refractivity contribution in [3.63, 3.8) is 0 Å². The fourth-order valence-electron chi connectivity index (χ4n) is 2.65. The van der Waals surface area contributed by atoms with Crippen LogP contribution in [0.4, 0.5) is 0 Å². The molecule has 0 unspecified atom stereocenters. The summed E-state index contributed by atoms with van der Waals surface area (Å²) in [4.78, 5) is 0. The molecule has 0 heteroatoms. The maximum atomic E-state index is 2.44. The molecule has 0 spiro atoms. The van der Waals surface area contributed by atoms with E-state index in [2.05, 4.69) is 72.8 Å². The predicted molar refractivity (Wildman–Crippen MR) is 112 cm³/mol. The minimum Gasteiger partial charge on any atom is -0.0856 e. The van der Waals surface area contributed by atoms with Gasteiger partial charge in [0.1, 0.15) is 0 Å². The molecule has 0 aromatic rings. The van der Waals surface area contributed by atoms with Gasteiger partial charge in [-0.2, -0.15) is 0 Å². The molecule has 0 saturated carbocycles. The van der Waals surface area contributed by atoms with Gasteiger partial charge in [-0.05, 0) is 91.9 Å². The Morgan fingerprint density at radius 2 is 0.958 bits per heavy atom. The molecular formula is C24H42. The second-order valence-electron chi connectivity index (χ2n) is 8.02. The lowest BCUT2D eigenvalue weighted by atomic mass is 10.0. The van der Waals surface area contributed by atoms with Crippen molar-refractivity contribution in [2.24, 2.45) is 5.92 Å². The average molecular weight is 331 g/mol. The van der Waals surface area contributed by atoms with Crippen LogP contribution >= 0.6 is 0 Å². The summed E-state index contributed by atoms with van der Waals surface area (Å²) in [6, 6.07) is 0. The Hall–Kier alpha value is -1.04. The average Bonchev–Trinajstić information content (AvgIpc) is 2.46. The highest BCUT2D eigenvalue weighted by molar-refractivity contribution is 5.07. The van der Waals surface area contributed by atoms with Crippen molar-refractivity contribution in [1.29, 1.82) is 0 Å². The largest absolute Gasteiger partial charge is 0.0856 e. The molecule has 0 heterocycles. The second kappa shape index (κ2) is 14.3. The highest BCUT2D eigenvalue weighted by Gasteiger charge is 1.95. The van der Waals surface area contributed by atoms with E-state index in [1.807, 2.05) is 0 Å². The summed E-state index contributed by atoms with van der Waals surface area (Å²) in [7, 11) is 0. The third-order valence-electron chi connectivity index (χ3n) is 4.39. The zero-order chi connectivity index (χ0) is 18.4. The first-order valence-electron chi connectivity index (χ1n) is 9.91. The third kappa shape index (κ3) is 15.8. The molecule has 0 aliphatic carbocycles. The van der Waals surface area contributed by atoms with Crippen LogP contribution in [0.5, 0.6) is 0 Å². The Kier molecular flexibility index (Phi) is 13.7. The molecule has 0 bridgehead atoms. The van der Waals surface area contributed by atoms with Crippen molar-refractivity contribution >= 4 is 0 Å². The molecule has 0 nitrogen and oxygen atoms in total. The Morgan fingerprint density at radius 1 is 0.583 bits per heavy atom. The van der Waals surface area contributed by atoms with E-state index in [4.69, 9.17) is 0 Å². The fourth-order valence-corrected chi connectivity index (χ4v) is 2.65. The summed E-state index contributed by atoms with van der Waals surface area (Å²) in [6.45, 7) is 15.8. The molecule has 0 aromatic carbocycles. The highest BCUT2D eigenvalue weighted by atomic mass is 14.0. The molecule has 0 aliphatic rings. The van der Waals surface area contributed by atoms with Gasteiger partial charge in [0.15, 0.2) is 0 Å². The third-order valence-corrected chi connectivity index (χ3v) is 4.39. The summed E-state index contributed by atoms with van der Waals surface area (Å²) < 4.78 is 0. The SMILES string of the molecule is CC(C)=CCC/C(C)=C/CC/C(C)=C/CC/C(C)=C/CCC(C)C. The summed E-state index contributed by atoms with van der Waals surface area (Å²) in [6.07, 6.45) is 19.4. The molecule has 0 atom stereocenters. The molecular weight excluding hydrogens is 288 g/mol.